The number of benzene rings is 2. The first-order chi connectivity index (χ1) is 14.8. The second kappa shape index (κ2) is 8.03. The zero-order chi connectivity index (χ0) is 22.2. The molecule has 0 bridgehead atoms. The lowest BCUT2D eigenvalue weighted by Crippen LogP contribution is -2.67. The highest BCUT2D eigenvalue weighted by Crippen LogP contribution is 2.44. The number of carbonyl (C=O) groups is 3. The molecule has 1 atom stereocenters. The maximum Gasteiger partial charge on any atom is 0.407 e. The van der Waals surface area contributed by atoms with Crippen LogP contribution in [0, 0.1) is 0 Å². The van der Waals surface area contributed by atoms with Gasteiger partial charge in [-0.1, -0.05) is 48.5 Å². The fraction of sp³-hybridized carbons (Fsp3) is 0.348. The number of nitrogens with zero attached hydrogens (tertiary/aromatic N) is 1. The van der Waals surface area contributed by atoms with Gasteiger partial charge in [-0.25, -0.2) is 9.59 Å². The van der Waals surface area contributed by atoms with E-state index in [4.69, 9.17) is 9.84 Å². The molecule has 8 heteroatoms. The van der Waals surface area contributed by atoms with Crippen molar-refractivity contribution in [3.8, 4) is 11.1 Å². The number of aliphatic hydroxyl groups is 1. The maximum absolute atomic E-state index is 12.3. The van der Waals surface area contributed by atoms with Gasteiger partial charge in [-0.2, -0.15) is 0 Å². The Morgan fingerprint density at radius 1 is 1.10 bits per heavy atom. The molecule has 3 N–H and O–H groups in total. The van der Waals surface area contributed by atoms with E-state index in [0.29, 0.717) is 0 Å². The lowest BCUT2D eigenvalue weighted by Gasteiger charge is -2.43. The molecule has 162 valence electrons. The SMILES string of the molecule is C[C@@H](CC(=O)N1CC(O)(C(=O)O)C1)NC(=O)OCC1c2ccccc2-c2ccccc21. The van der Waals surface area contributed by atoms with Crippen LogP contribution in [0.3, 0.4) is 0 Å². The highest BCUT2D eigenvalue weighted by Gasteiger charge is 2.50. The topological polar surface area (TPSA) is 116 Å². The van der Waals surface area contributed by atoms with Crippen molar-refractivity contribution in [3.05, 3.63) is 59.7 Å². The van der Waals surface area contributed by atoms with Crippen molar-refractivity contribution in [2.45, 2.75) is 30.9 Å². The number of rotatable bonds is 6. The zero-order valence-corrected chi connectivity index (χ0v) is 17.1. The van der Waals surface area contributed by atoms with Crippen LogP contribution >= 0.6 is 0 Å². The number of aliphatic carboxylic acids is 1. The molecule has 0 unspecified atom stereocenters. The number of nitrogens with one attached hydrogen (secondary N) is 1. The van der Waals surface area contributed by atoms with Crippen LogP contribution in [-0.2, 0) is 14.3 Å². The number of hydrogen-bond donors (Lipinski definition) is 3. The van der Waals surface area contributed by atoms with Gasteiger partial charge in [-0.05, 0) is 29.2 Å². The average molecular weight is 424 g/mol. The van der Waals surface area contributed by atoms with E-state index in [0.717, 1.165) is 22.3 Å². The van der Waals surface area contributed by atoms with E-state index >= 15 is 0 Å². The second-order valence-corrected chi connectivity index (χ2v) is 8.16. The number of β-amino-alcohol motifs (C(OH)–C–C–N with tert-alkyl or cyclic N) is 1. The van der Waals surface area contributed by atoms with Crippen molar-refractivity contribution in [2.75, 3.05) is 19.7 Å². The Hall–Kier alpha value is -3.39. The van der Waals surface area contributed by atoms with E-state index in [-0.39, 0.29) is 37.9 Å². The van der Waals surface area contributed by atoms with Gasteiger partial charge in [0, 0.05) is 18.4 Å². The third kappa shape index (κ3) is 3.98. The van der Waals surface area contributed by atoms with Gasteiger partial charge in [-0.15, -0.1) is 0 Å². The summed E-state index contributed by atoms with van der Waals surface area (Å²) >= 11 is 0. The third-order valence-electron chi connectivity index (χ3n) is 5.84. The van der Waals surface area contributed by atoms with Crippen LogP contribution in [0.25, 0.3) is 11.1 Å². The van der Waals surface area contributed by atoms with Gasteiger partial charge in [0.25, 0.3) is 0 Å². The first-order valence-electron chi connectivity index (χ1n) is 10.1. The first kappa shape index (κ1) is 20.9. The number of likely N-dealkylation sites (tertiary alicyclic amines) is 1. The summed E-state index contributed by atoms with van der Waals surface area (Å²) in [5, 5.41) is 21.3. The van der Waals surface area contributed by atoms with Crippen LogP contribution in [-0.4, -0.2) is 64.4 Å². The predicted molar refractivity (Wildman–Crippen MR) is 111 cm³/mol. The van der Waals surface area contributed by atoms with Gasteiger partial charge in [0.15, 0.2) is 5.60 Å². The summed E-state index contributed by atoms with van der Waals surface area (Å²) < 4.78 is 5.46. The first-order valence-corrected chi connectivity index (χ1v) is 10.1. The zero-order valence-electron chi connectivity index (χ0n) is 17.1. The van der Waals surface area contributed by atoms with Crippen LogP contribution in [0.4, 0.5) is 4.79 Å². The van der Waals surface area contributed by atoms with Gasteiger partial charge in [-0.3, -0.25) is 4.79 Å². The molecule has 2 amide bonds. The molecule has 1 aliphatic carbocycles. The van der Waals surface area contributed by atoms with Crippen molar-refractivity contribution in [2.24, 2.45) is 0 Å². The minimum Gasteiger partial charge on any atom is -0.479 e. The lowest BCUT2D eigenvalue weighted by atomic mass is 9.94. The molecule has 0 saturated carbocycles. The summed E-state index contributed by atoms with van der Waals surface area (Å²) in [6.45, 7) is 1.35. The molecular weight excluding hydrogens is 400 g/mol. The summed E-state index contributed by atoms with van der Waals surface area (Å²) in [7, 11) is 0. The molecule has 0 aromatic heterocycles. The fourth-order valence-electron chi connectivity index (χ4n) is 4.18. The number of fused-ring (bicyclic) bond motifs is 3. The molecule has 2 aromatic rings. The van der Waals surface area contributed by atoms with Gasteiger partial charge < -0.3 is 25.2 Å². The summed E-state index contributed by atoms with van der Waals surface area (Å²) in [4.78, 5) is 36.7. The van der Waals surface area contributed by atoms with E-state index in [9.17, 15) is 19.5 Å². The summed E-state index contributed by atoms with van der Waals surface area (Å²) in [6, 6.07) is 15.6. The van der Waals surface area contributed by atoms with Gasteiger partial charge in [0.1, 0.15) is 6.61 Å². The Morgan fingerprint density at radius 2 is 1.65 bits per heavy atom. The Bertz CT molecular complexity index is 985. The molecule has 1 fully saturated rings. The number of alkyl carbamates (subject to hydrolysis) is 1. The van der Waals surface area contributed by atoms with Crippen molar-refractivity contribution < 1.29 is 29.3 Å². The quantitative estimate of drug-likeness (QED) is 0.653. The van der Waals surface area contributed by atoms with Crippen LogP contribution in [0.15, 0.2) is 48.5 Å². The minimum atomic E-state index is -1.88. The predicted octanol–water partition coefficient (Wildman–Crippen LogP) is 1.96. The van der Waals surface area contributed by atoms with Crippen molar-refractivity contribution in [1.29, 1.82) is 0 Å². The monoisotopic (exact) mass is 424 g/mol. The van der Waals surface area contributed by atoms with E-state index < -0.39 is 23.7 Å². The highest BCUT2D eigenvalue weighted by atomic mass is 16.5. The van der Waals surface area contributed by atoms with Gasteiger partial charge in [0.05, 0.1) is 13.1 Å². The number of carboxylic acids is 1. The Morgan fingerprint density at radius 3 is 2.19 bits per heavy atom. The molecule has 8 nitrogen and oxygen atoms in total. The molecule has 1 aliphatic heterocycles. The summed E-state index contributed by atoms with van der Waals surface area (Å²) in [5.41, 5.74) is 2.63. The van der Waals surface area contributed by atoms with Crippen LogP contribution in [0.2, 0.25) is 0 Å². The van der Waals surface area contributed by atoms with E-state index in [1.807, 2.05) is 36.4 Å². The van der Waals surface area contributed by atoms with Crippen molar-refractivity contribution >= 4 is 18.0 Å². The van der Waals surface area contributed by atoms with Gasteiger partial charge in [0.2, 0.25) is 5.91 Å². The molecular formula is C23H24N2O6. The van der Waals surface area contributed by atoms with Crippen LogP contribution in [0.5, 0.6) is 0 Å². The molecule has 1 saturated heterocycles. The molecule has 0 radical (unpaired) electrons. The number of ether oxygens (including phenoxy) is 1. The largest absolute Gasteiger partial charge is 0.479 e. The average Bonchev–Trinajstić information content (AvgIpc) is 3.03. The Labute approximate surface area is 179 Å². The standard InChI is InChI=1S/C23H24N2O6/c1-14(10-20(26)25-12-23(30,13-25)21(27)28)24-22(29)31-11-19-17-8-4-2-6-15(17)16-7-3-5-9-18(16)19/h2-9,14,19,30H,10-13H2,1H3,(H,24,29)(H,27,28)/t14-/m0/s1. The third-order valence-corrected chi connectivity index (χ3v) is 5.84. The smallest absolute Gasteiger partial charge is 0.407 e. The number of amides is 2. The number of hydrogen-bond acceptors (Lipinski definition) is 5. The van der Waals surface area contributed by atoms with Crippen LogP contribution in [0.1, 0.15) is 30.4 Å². The molecule has 31 heavy (non-hydrogen) atoms. The maximum atomic E-state index is 12.3. The molecule has 2 aromatic carbocycles. The van der Waals surface area contributed by atoms with Crippen LogP contribution < -0.4 is 5.32 Å². The fourth-order valence-corrected chi connectivity index (χ4v) is 4.18. The molecule has 0 spiro atoms. The molecule has 4 rings (SSSR count). The van der Waals surface area contributed by atoms with Crippen molar-refractivity contribution in [1.82, 2.24) is 10.2 Å². The molecule has 2 aliphatic rings. The molecule has 1 heterocycles. The lowest BCUT2D eigenvalue weighted by molar-refractivity contribution is -0.182. The van der Waals surface area contributed by atoms with Gasteiger partial charge >= 0.3 is 12.1 Å². The van der Waals surface area contributed by atoms with E-state index in [1.54, 1.807) is 6.92 Å². The normalized spacial score (nSPS) is 17.2. The highest BCUT2D eigenvalue weighted by molar-refractivity contribution is 5.85. The summed E-state index contributed by atoms with van der Waals surface area (Å²) in [6.07, 6.45) is -0.632. The number of carboxylic acid groups (broad SMARTS) is 1. The Kier molecular flexibility index (Phi) is 5.41. The minimum absolute atomic E-state index is 0.0140. The van der Waals surface area contributed by atoms with E-state index in [2.05, 4.69) is 17.4 Å². The second-order valence-electron chi connectivity index (χ2n) is 8.16. The van der Waals surface area contributed by atoms with E-state index in [1.165, 1.54) is 4.90 Å². The summed E-state index contributed by atoms with van der Waals surface area (Å²) in [5.74, 6) is -1.73. The number of carbonyl (C=O) groups excluding carboxylic acids is 2. The Balaban J connectivity index is 1.29. The van der Waals surface area contributed by atoms with Crippen molar-refractivity contribution in [3.63, 3.8) is 0 Å².